The summed E-state index contributed by atoms with van der Waals surface area (Å²) in [5.41, 5.74) is -0.430. The second-order valence-corrected chi connectivity index (χ2v) is 6.29. The Labute approximate surface area is 121 Å². The standard InChI is InChI=1S/C16H25NO3/c1-7-19-12-8-10-13(11-9-12)20-14(18)17-16(5,6)15(2,3)4/h8-11H,7H2,1-6H3,(H,17,18). The van der Waals surface area contributed by atoms with Gasteiger partial charge in [0.05, 0.1) is 6.61 Å². The molecule has 0 saturated carbocycles. The number of hydrogen-bond acceptors (Lipinski definition) is 3. The molecule has 0 saturated heterocycles. The smallest absolute Gasteiger partial charge is 0.413 e. The van der Waals surface area contributed by atoms with Crippen LogP contribution in [0.25, 0.3) is 0 Å². The first kappa shape index (κ1) is 16.3. The minimum atomic E-state index is -0.450. The Balaban J connectivity index is 2.63. The molecule has 0 spiro atoms. The number of benzene rings is 1. The van der Waals surface area contributed by atoms with Gasteiger partial charge in [-0.3, -0.25) is 0 Å². The molecule has 0 aliphatic heterocycles. The van der Waals surface area contributed by atoms with Gasteiger partial charge < -0.3 is 14.8 Å². The molecule has 0 aliphatic rings. The van der Waals surface area contributed by atoms with Gasteiger partial charge in [-0.15, -0.1) is 0 Å². The number of amides is 1. The van der Waals surface area contributed by atoms with E-state index in [0.717, 1.165) is 5.75 Å². The van der Waals surface area contributed by atoms with E-state index in [1.54, 1.807) is 24.3 Å². The lowest BCUT2D eigenvalue weighted by Crippen LogP contribution is -2.53. The highest BCUT2D eigenvalue weighted by atomic mass is 16.6. The largest absolute Gasteiger partial charge is 0.494 e. The average molecular weight is 279 g/mol. The highest BCUT2D eigenvalue weighted by molar-refractivity contribution is 5.71. The third-order valence-electron chi connectivity index (χ3n) is 3.63. The molecule has 0 heterocycles. The number of carbonyl (C=O) groups is 1. The molecule has 1 aromatic rings. The van der Waals surface area contributed by atoms with Gasteiger partial charge in [0, 0.05) is 5.54 Å². The van der Waals surface area contributed by atoms with Crippen molar-refractivity contribution in [2.45, 2.75) is 47.1 Å². The van der Waals surface area contributed by atoms with Crippen LogP contribution in [0.5, 0.6) is 11.5 Å². The van der Waals surface area contributed by atoms with Crippen molar-refractivity contribution in [3.63, 3.8) is 0 Å². The Kier molecular flexibility index (Phi) is 5.03. The van der Waals surface area contributed by atoms with Crippen LogP contribution in [0, 0.1) is 5.41 Å². The zero-order valence-corrected chi connectivity index (χ0v) is 13.2. The SMILES string of the molecule is CCOc1ccc(OC(=O)NC(C)(C)C(C)(C)C)cc1. The minimum Gasteiger partial charge on any atom is -0.494 e. The summed E-state index contributed by atoms with van der Waals surface area (Å²) in [7, 11) is 0. The highest BCUT2D eigenvalue weighted by Crippen LogP contribution is 2.29. The number of carbonyl (C=O) groups excluding carboxylic acids is 1. The van der Waals surface area contributed by atoms with E-state index >= 15 is 0 Å². The molecule has 4 heteroatoms. The predicted molar refractivity (Wildman–Crippen MR) is 80.3 cm³/mol. The molecule has 0 aromatic heterocycles. The molecule has 0 bridgehead atoms. The van der Waals surface area contributed by atoms with Crippen LogP contribution in [0.3, 0.4) is 0 Å². The Morgan fingerprint density at radius 3 is 2.00 bits per heavy atom. The fourth-order valence-electron chi connectivity index (χ4n) is 1.35. The van der Waals surface area contributed by atoms with E-state index in [9.17, 15) is 4.79 Å². The minimum absolute atomic E-state index is 0.0646. The Morgan fingerprint density at radius 2 is 1.55 bits per heavy atom. The van der Waals surface area contributed by atoms with Gasteiger partial charge in [-0.05, 0) is 50.5 Å². The lowest BCUT2D eigenvalue weighted by atomic mass is 9.76. The molecule has 1 N–H and O–H groups in total. The summed E-state index contributed by atoms with van der Waals surface area (Å²) < 4.78 is 10.6. The summed E-state index contributed by atoms with van der Waals surface area (Å²) in [5.74, 6) is 1.26. The van der Waals surface area contributed by atoms with Crippen molar-refractivity contribution in [2.24, 2.45) is 5.41 Å². The fourth-order valence-corrected chi connectivity index (χ4v) is 1.35. The summed E-state index contributed by atoms with van der Waals surface area (Å²) in [6.07, 6.45) is -0.450. The van der Waals surface area contributed by atoms with E-state index in [2.05, 4.69) is 26.1 Å². The number of hydrogen-bond donors (Lipinski definition) is 1. The van der Waals surface area contributed by atoms with Crippen molar-refractivity contribution in [3.05, 3.63) is 24.3 Å². The zero-order valence-electron chi connectivity index (χ0n) is 13.2. The molecule has 0 aliphatic carbocycles. The quantitative estimate of drug-likeness (QED) is 0.906. The molecule has 0 atom stereocenters. The summed E-state index contributed by atoms with van der Waals surface area (Å²) in [6.45, 7) is 12.7. The van der Waals surface area contributed by atoms with Gasteiger partial charge in [0.2, 0.25) is 0 Å². The van der Waals surface area contributed by atoms with Crippen molar-refractivity contribution in [1.82, 2.24) is 5.32 Å². The number of ether oxygens (including phenoxy) is 2. The molecule has 0 radical (unpaired) electrons. The molecule has 1 rings (SSSR count). The highest BCUT2D eigenvalue weighted by Gasteiger charge is 2.34. The van der Waals surface area contributed by atoms with Crippen LogP contribution >= 0.6 is 0 Å². The maximum Gasteiger partial charge on any atom is 0.413 e. The molecular formula is C16H25NO3. The van der Waals surface area contributed by atoms with E-state index in [1.165, 1.54) is 0 Å². The number of rotatable bonds is 4. The normalized spacial score (nSPS) is 11.9. The van der Waals surface area contributed by atoms with Crippen molar-refractivity contribution < 1.29 is 14.3 Å². The second kappa shape index (κ2) is 6.16. The molecule has 1 amide bonds. The third-order valence-corrected chi connectivity index (χ3v) is 3.63. The molecule has 0 fully saturated rings. The first-order chi connectivity index (χ1) is 9.15. The summed E-state index contributed by atoms with van der Waals surface area (Å²) in [4.78, 5) is 11.9. The molecular weight excluding hydrogens is 254 g/mol. The molecule has 112 valence electrons. The Morgan fingerprint density at radius 1 is 1.05 bits per heavy atom. The van der Waals surface area contributed by atoms with Gasteiger partial charge in [0.25, 0.3) is 0 Å². The van der Waals surface area contributed by atoms with Crippen molar-refractivity contribution in [2.75, 3.05) is 6.61 Å². The Hall–Kier alpha value is -1.71. The van der Waals surface area contributed by atoms with Crippen LogP contribution < -0.4 is 14.8 Å². The topological polar surface area (TPSA) is 47.6 Å². The first-order valence-corrected chi connectivity index (χ1v) is 6.88. The van der Waals surface area contributed by atoms with Gasteiger partial charge in [0.1, 0.15) is 11.5 Å². The molecule has 1 aromatic carbocycles. The maximum atomic E-state index is 11.9. The second-order valence-electron chi connectivity index (χ2n) is 6.29. The fraction of sp³-hybridized carbons (Fsp3) is 0.562. The zero-order chi connectivity index (χ0) is 15.4. The lowest BCUT2D eigenvalue weighted by Gasteiger charge is -2.38. The average Bonchev–Trinajstić information content (AvgIpc) is 2.29. The van der Waals surface area contributed by atoms with E-state index < -0.39 is 6.09 Å². The molecule has 4 nitrogen and oxygen atoms in total. The van der Waals surface area contributed by atoms with E-state index in [4.69, 9.17) is 9.47 Å². The molecule has 0 unspecified atom stereocenters. The van der Waals surface area contributed by atoms with Crippen LogP contribution in [-0.4, -0.2) is 18.2 Å². The van der Waals surface area contributed by atoms with Crippen molar-refractivity contribution >= 4 is 6.09 Å². The number of nitrogens with one attached hydrogen (secondary N) is 1. The van der Waals surface area contributed by atoms with E-state index in [0.29, 0.717) is 12.4 Å². The van der Waals surface area contributed by atoms with Gasteiger partial charge in [-0.25, -0.2) is 4.79 Å². The summed E-state index contributed by atoms with van der Waals surface area (Å²) >= 11 is 0. The van der Waals surface area contributed by atoms with Crippen LogP contribution in [-0.2, 0) is 0 Å². The first-order valence-electron chi connectivity index (χ1n) is 6.88. The van der Waals surface area contributed by atoms with Gasteiger partial charge >= 0.3 is 6.09 Å². The van der Waals surface area contributed by atoms with Gasteiger partial charge in [0.15, 0.2) is 0 Å². The summed E-state index contributed by atoms with van der Waals surface area (Å²) in [6, 6.07) is 6.99. The van der Waals surface area contributed by atoms with Crippen LogP contribution in [0.4, 0.5) is 4.79 Å². The predicted octanol–water partition coefficient (Wildman–Crippen LogP) is 4.00. The third kappa shape index (κ3) is 4.44. The van der Waals surface area contributed by atoms with Crippen LogP contribution in [0.2, 0.25) is 0 Å². The molecule has 20 heavy (non-hydrogen) atoms. The van der Waals surface area contributed by atoms with Crippen LogP contribution in [0.1, 0.15) is 41.5 Å². The monoisotopic (exact) mass is 279 g/mol. The Bertz CT molecular complexity index is 444. The van der Waals surface area contributed by atoms with Crippen LogP contribution in [0.15, 0.2) is 24.3 Å². The van der Waals surface area contributed by atoms with E-state index in [-0.39, 0.29) is 11.0 Å². The van der Waals surface area contributed by atoms with Gasteiger partial charge in [-0.1, -0.05) is 20.8 Å². The van der Waals surface area contributed by atoms with E-state index in [1.807, 2.05) is 20.8 Å². The maximum absolute atomic E-state index is 11.9. The van der Waals surface area contributed by atoms with Crippen molar-refractivity contribution in [1.29, 1.82) is 0 Å². The lowest BCUT2D eigenvalue weighted by molar-refractivity contribution is 0.147. The summed E-state index contributed by atoms with van der Waals surface area (Å²) in [5, 5.41) is 2.89. The van der Waals surface area contributed by atoms with Gasteiger partial charge in [-0.2, -0.15) is 0 Å². The van der Waals surface area contributed by atoms with Crippen molar-refractivity contribution in [3.8, 4) is 11.5 Å².